The van der Waals surface area contributed by atoms with Crippen LogP contribution in [0.15, 0.2) is 30.5 Å². The molecule has 0 aliphatic heterocycles. The van der Waals surface area contributed by atoms with Crippen LogP contribution in [0.2, 0.25) is 0 Å². The zero-order valence-corrected chi connectivity index (χ0v) is 16.3. The molecule has 0 fully saturated rings. The summed E-state index contributed by atoms with van der Waals surface area (Å²) in [6, 6.07) is 4.70. The lowest BCUT2D eigenvalue weighted by Gasteiger charge is -2.35. The number of carbonyl (C=O) groups is 1. The standard InChI is InChI=1S/C18H23F2N3O2S/c1-17(2,3)26(25)22-18(4,13-7-6-12(19)10-14(13)20)11-16(24)15-8-9-21-23(15)5/h6-10,22H,11H2,1-5H3/t18?,26-/m1/s1. The molecule has 5 nitrogen and oxygen atoms in total. The minimum atomic E-state index is -1.57. The summed E-state index contributed by atoms with van der Waals surface area (Å²) in [5.41, 5.74) is -0.869. The number of halogens is 2. The Balaban J connectivity index is 2.44. The molecule has 0 aliphatic carbocycles. The lowest BCUT2D eigenvalue weighted by Crippen LogP contribution is -2.51. The Morgan fingerprint density at radius 2 is 1.92 bits per heavy atom. The number of ketones is 1. The van der Waals surface area contributed by atoms with Gasteiger partial charge in [-0.15, -0.1) is 4.72 Å². The quantitative estimate of drug-likeness (QED) is 0.614. The van der Waals surface area contributed by atoms with Crippen molar-refractivity contribution in [1.82, 2.24) is 14.5 Å². The smallest absolute Gasteiger partial charge is 0.183 e. The minimum Gasteiger partial charge on any atom is -0.598 e. The zero-order chi connectivity index (χ0) is 19.7. The van der Waals surface area contributed by atoms with Crippen molar-refractivity contribution in [3.63, 3.8) is 0 Å². The van der Waals surface area contributed by atoms with Crippen LogP contribution < -0.4 is 4.72 Å². The molecule has 8 heteroatoms. The van der Waals surface area contributed by atoms with Gasteiger partial charge in [-0.3, -0.25) is 9.48 Å². The van der Waals surface area contributed by atoms with Crippen LogP contribution in [-0.4, -0.2) is 24.9 Å². The van der Waals surface area contributed by atoms with Crippen LogP contribution in [0.3, 0.4) is 0 Å². The van der Waals surface area contributed by atoms with Crippen LogP contribution in [-0.2, 0) is 23.9 Å². The average Bonchev–Trinajstić information content (AvgIpc) is 2.92. The fraction of sp³-hybridized carbons (Fsp3) is 0.444. The highest BCUT2D eigenvalue weighted by Gasteiger charge is 2.40. The Kier molecular flexibility index (Phi) is 5.89. The third-order valence-corrected chi connectivity index (χ3v) is 5.77. The first-order valence-electron chi connectivity index (χ1n) is 8.10. The summed E-state index contributed by atoms with van der Waals surface area (Å²) in [5, 5.41) is 3.96. The van der Waals surface area contributed by atoms with Gasteiger partial charge in [-0.2, -0.15) is 5.10 Å². The summed E-state index contributed by atoms with van der Waals surface area (Å²) in [5.74, 6) is -1.82. The summed E-state index contributed by atoms with van der Waals surface area (Å²) in [7, 11) is 1.63. The van der Waals surface area contributed by atoms with Gasteiger partial charge in [0.05, 0.1) is 5.54 Å². The van der Waals surface area contributed by atoms with Crippen LogP contribution in [0.5, 0.6) is 0 Å². The van der Waals surface area contributed by atoms with Gasteiger partial charge in [0, 0.05) is 42.7 Å². The van der Waals surface area contributed by atoms with E-state index in [4.69, 9.17) is 0 Å². The normalized spacial score (nSPS) is 15.5. The molecular weight excluding hydrogens is 360 g/mol. The second-order valence-corrected chi connectivity index (χ2v) is 9.35. The number of Topliss-reactive ketones (excluding diaryl/α,β-unsaturated/α-hetero) is 1. The molecule has 0 saturated carbocycles. The molecule has 0 bridgehead atoms. The van der Waals surface area contributed by atoms with Crippen molar-refractivity contribution >= 4 is 17.1 Å². The molecule has 2 rings (SSSR count). The van der Waals surface area contributed by atoms with Crippen LogP contribution in [0.1, 0.15) is 50.2 Å². The Hall–Kier alpha value is -1.77. The molecule has 2 aromatic rings. The summed E-state index contributed by atoms with van der Waals surface area (Å²) in [6.07, 6.45) is 1.32. The van der Waals surface area contributed by atoms with Crippen molar-refractivity contribution in [2.75, 3.05) is 0 Å². The van der Waals surface area contributed by atoms with E-state index in [2.05, 4.69) is 9.82 Å². The molecule has 26 heavy (non-hydrogen) atoms. The van der Waals surface area contributed by atoms with Crippen LogP contribution in [0, 0.1) is 11.6 Å². The molecule has 0 amide bonds. The molecule has 1 heterocycles. The predicted octanol–water partition coefficient (Wildman–Crippen LogP) is 3.24. The SMILES string of the molecule is Cn1nccc1C(=O)CC(C)(N[S@+]([O-])C(C)(C)C)c1ccc(F)cc1F. The van der Waals surface area contributed by atoms with Crippen molar-refractivity contribution in [2.24, 2.45) is 7.05 Å². The number of hydrogen-bond donors (Lipinski definition) is 1. The summed E-state index contributed by atoms with van der Waals surface area (Å²) in [6.45, 7) is 6.88. The number of aromatic nitrogens is 2. The van der Waals surface area contributed by atoms with Gasteiger partial charge in [0.25, 0.3) is 0 Å². The molecule has 1 unspecified atom stereocenters. The largest absolute Gasteiger partial charge is 0.598 e. The van der Waals surface area contributed by atoms with Crippen LogP contribution >= 0.6 is 0 Å². The topological polar surface area (TPSA) is 70.0 Å². The van der Waals surface area contributed by atoms with E-state index in [1.807, 2.05) is 0 Å². The van der Waals surface area contributed by atoms with E-state index in [1.54, 1.807) is 40.8 Å². The van der Waals surface area contributed by atoms with E-state index in [0.717, 1.165) is 12.1 Å². The maximum Gasteiger partial charge on any atom is 0.183 e. The monoisotopic (exact) mass is 383 g/mol. The number of hydrogen-bond acceptors (Lipinski definition) is 4. The molecule has 0 spiro atoms. The molecule has 1 aromatic heterocycles. The van der Waals surface area contributed by atoms with Gasteiger partial charge in [-0.25, -0.2) is 8.78 Å². The lowest BCUT2D eigenvalue weighted by atomic mass is 9.87. The highest BCUT2D eigenvalue weighted by molar-refractivity contribution is 7.90. The number of nitrogens with zero attached hydrogens (tertiary/aromatic N) is 2. The fourth-order valence-electron chi connectivity index (χ4n) is 2.54. The van der Waals surface area contributed by atoms with Crippen molar-refractivity contribution in [3.8, 4) is 0 Å². The van der Waals surface area contributed by atoms with Gasteiger partial charge in [-0.05, 0) is 39.8 Å². The molecule has 1 N–H and O–H groups in total. The number of benzene rings is 1. The Bertz CT molecular complexity index is 804. The predicted molar refractivity (Wildman–Crippen MR) is 96.9 cm³/mol. The Morgan fingerprint density at radius 1 is 1.27 bits per heavy atom. The first-order chi connectivity index (χ1) is 11.9. The lowest BCUT2D eigenvalue weighted by molar-refractivity contribution is 0.0939. The van der Waals surface area contributed by atoms with Crippen molar-refractivity contribution in [3.05, 3.63) is 53.4 Å². The molecule has 0 radical (unpaired) electrons. The van der Waals surface area contributed by atoms with Crippen LogP contribution in [0.4, 0.5) is 8.78 Å². The molecule has 1 aromatic carbocycles. The van der Waals surface area contributed by atoms with Crippen molar-refractivity contribution in [1.29, 1.82) is 0 Å². The third-order valence-electron chi connectivity index (χ3n) is 4.02. The van der Waals surface area contributed by atoms with E-state index in [1.165, 1.54) is 16.9 Å². The fourth-order valence-corrected chi connectivity index (χ4v) is 3.44. The van der Waals surface area contributed by atoms with Gasteiger partial charge in [0.15, 0.2) is 5.78 Å². The first kappa shape index (κ1) is 20.5. The second kappa shape index (κ2) is 7.46. The maximum atomic E-state index is 14.5. The summed E-state index contributed by atoms with van der Waals surface area (Å²) >= 11 is -1.57. The average molecular weight is 383 g/mol. The van der Waals surface area contributed by atoms with Crippen molar-refractivity contribution < 1.29 is 18.1 Å². The first-order valence-corrected chi connectivity index (χ1v) is 9.25. The Morgan fingerprint density at radius 3 is 2.42 bits per heavy atom. The summed E-state index contributed by atoms with van der Waals surface area (Å²) < 4.78 is 44.1. The van der Waals surface area contributed by atoms with E-state index in [0.29, 0.717) is 5.69 Å². The minimum absolute atomic E-state index is 0.0759. The van der Waals surface area contributed by atoms with Gasteiger partial charge in [0.2, 0.25) is 0 Å². The molecule has 2 atom stereocenters. The van der Waals surface area contributed by atoms with Crippen LogP contribution in [0.25, 0.3) is 0 Å². The highest BCUT2D eigenvalue weighted by Crippen LogP contribution is 2.32. The molecular formula is C18H23F2N3O2S. The Labute approximate surface area is 155 Å². The van der Waals surface area contributed by atoms with Gasteiger partial charge >= 0.3 is 0 Å². The van der Waals surface area contributed by atoms with E-state index in [9.17, 15) is 18.1 Å². The summed E-state index contributed by atoms with van der Waals surface area (Å²) in [4.78, 5) is 12.7. The highest BCUT2D eigenvalue weighted by atomic mass is 32.2. The van der Waals surface area contributed by atoms with Gasteiger partial charge in [-0.1, -0.05) is 6.07 Å². The van der Waals surface area contributed by atoms with Gasteiger partial charge < -0.3 is 4.55 Å². The van der Waals surface area contributed by atoms with Gasteiger partial charge in [0.1, 0.15) is 22.1 Å². The number of rotatable bonds is 6. The maximum absolute atomic E-state index is 14.5. The van der Waals surface area contributed by atoms with E-state index < -0.39 is 33.3 Å². The molecule has 0 aliphatic rings. The number of nitrogens with one attached hydrogen (secondary N) is 1. The number of aryl methyl sites for hydroxylation is 1. The molecule has 0 saturated heterocycles. The number of carbonyl (C=O) groups excluding carboxylic acids is 1. The van der Waals surface area contributed by atoms with Crippen molar-refractivity contribution in [2.45, 2.75) is 44.4 Å². The van der Waals surface area contributed by atoms with E-state index in [-0.39, 0.29) is 17.8 Å². The third kappa shape index (κ3) is 4.49. The molecule has 142 valence electrons. The zero-order valence-electron chi connectivity index (χ0n) is 15.5. The second-order valence-electron chi connectivity index (χ2n) is 7.38. The van der Waals surface area contributed by atoms with E-state index >= 15 is 0 Å².